The molecule has 0 heterocycles. The van der Waals surface area contributed by atoms with E-state index in [1.807, 2.05) is 30.3 Å². The minimum absolute atomic E-state index is 0. The molecule has 0 aromatic heterocycles. The third-order valence-corrected chi connectivity index (χ3v) is 0.556. The molecule has 0 aliphatic heterocycles. The Balaban J connectivity index is -0.0000000369. The van der Waals surface area contributed by atoms with E-state index in [4.69, 9.17) is 0 Å². The first-order valence-corrected chi connectivity index (χ1v) is 3.08. The van der Waals surface area contributed by atoms with Gasteiger partial charge in [-0.15, -0.1) is 0 Å². The predicted molar refractivity (Wildman–Crippen MR) is 44.1 cm³/mol. The van der Waals surface area contributed by atoms with Crippen LogP contribution in [0.4, 0.5) is 0 Å². The standard InChI is InChI=1S/C5H5.2C2H5.BrH.Ti/c1-2-4-5-3-1;2*1-2;;/h1-5H;2*1H2,2H3;1H;/q3*-1;;+4/p-1. The molecule has 0 aliphatic rings. The van der Waals surface area contributed by atoms with Crippen LogP contribution in [0, 0.1) is 13.8 Å². The summed E-state index contributed by atoms with van der Waals surface area (Å²) >= 11 is 0. The zero-order valence-electron chi connectivity index (χ0n) is 7.18. The molecule has 0 bridgehead atoms. The summed E-state index contributed by atoms with van der Waals surface area (Å²) in [4.78, 5) is 0. The maximum atomic E-state index is 3.25. The average molecular weight is 251 g/mol. The van der Waals surface area contributed by atoms with Crippen LogP contribution in [-0.2, 0) is 21.7 Å². The zero-order valence-corrected chi connectivity index (χ0v) is 10.3. The topological polar surface area (TPSA) is 0 Å². The molecule has 11 heavy (non-hydrogen) atoms. The fourth-order valence-electron chi connectivity index (χ4n) is 0.321. The van der Waals surface area contributed by atoms with Crippen molar-refractivity contribution in [1.82, 2.24) is 0 Å². The summed E-state index contributed by atoms with van der Waals surface area (Å²) < 4.78 is 0. The largest absolute Gasteiger partial charge is 4.00 e. The fraction of sp³-hybridized carbons (Fsp3) is 0.222. The van der Waals surface area contributed by atoms with Gasteiger partial charge in [0.05, 0.1) is 0 Å². The smallest absolute Gasteiger partial charge is 1.00 e. The van der Waals surface area contributed by atoms with Crippen molar-refractivity contribution in [3.8, 4) is 0 Å². The molecule has 1 rings (SSSR count). The maximum absolute atomic E-state index is 3.25. The molecule has 0 saturated carbocycles. The Labute approximate surface area is 96.4 Å². The van der Waals surface area contributed by atoms with Gasteiger partial charge in [0.25, 0.3) is 0 Å². The Morgan fingerprint density at radius 1 is 0.909 bits per heavy atom. The van der Waals surface area contributed by atoms with Crippen LogP contribution in [0.1, 0.15) is 13.8 Å². The van der Waals surface area contributed by atoms with E-state index in [0.29, 0.717) is 0 Å². The second-order valence-corrected chi connectivity index (χ2v) is 0.962. The van der Waals surface area contributed by atoms with Gasteiger partial charge in [0, 0.05) is 0 Å². The fourth-order valence-corrected chi connectivity index (χ4v) is 0.321. The molecule has 0 saturated heterocycles. The summed E-state index contributed by atoms with van der Waals surface area (Å²) in [5.41, 5.74) is 0. The molecule has 0 N–H and O–H groups in total. The summed E-state index contributed by atoms with van der Waals surface area (Å²) in [6.07, 6.45) is 0. The van der Waals surface area contributed by atoms with E-state index >= 15 is 0 Å². The Hall–Kier alpha value is 0.544. The molecule has 0 unspecified atom stereocenters. The maximum Gasteiger partial charge on any atom is 4.00 e. The normalized spacial score (nSPS) is 4.73. The quantitative estimate of drug-likeness (QED) is 0.452. The summed E-state index contributed by atoms with van der Waals surface area (Å²) in [5, 5.41) is 0. The first kappa shape index (κ1) is 22.6. The van der Waals surface area contributed by atoms with Crippen LogP contribution < -0.4 is 17.0 Å². The zero-order chi connectivity index (χ0) is 7.54. The summed E-state index contributed by atoms with van der Waals surface area (Å²) in [6, 6.07) is 10.0. The number of halogens is 1. The van der Waals surface area contributed by atoms with E-state index in [1.165, 1.54) is 0 Å². The Morgan fingerprint density at radius 2 is 1.18 bits per heavy atom. The van der Waals surface area contributed by atoms with E-state index in [2.05, 4.69) is 13.8 Å². The van der Waals surface area contributed by atoms with Crippen molar-refractivity contribution >= 4 is 0 Å². The molecule has 2 heteroatoms. The van der Waals surface area contributed by atoms with Crippen molar-refractivity contribution in [3.63, 3.8) is 0 Å². The third-order valence-electron chi connectivity index (χ3n) is 0.556. The van der Waals surface area contributed by atoms with E-state index < -0.39 is 0 Å². The van der Waals surface area contributed by atoms with Gasteiger partial charge in [0.1, 0.15) is 0 Å². The van der Waals surface area contributed by atoms with Crippen molar-refractivity contribution in [2.45, 2.75) is 13.8 Å². The van der Waals surface area contributed by atoms with Crippen LogP contribution >= 0.6 is 0 Å². The van der Waals surface area contributed by atoms with Crippen molar-refractivity contribution in [2.24, 2.45) is 0 Å². The summed E-state index contributed by atoms with van der Waals surface area (Å²) in [7, 11) is 0. The van der Waals surface area contributed by atoms with Crippen molar-refractivity contribution in [3.05, 3.63) is 44.2 Å². The molecule has 62 valence electrons. The monoisotopic (exact) mass is 250 g/mol. The van der Waals surface area contributed by atoms with Gasteiger partial charge in [-0.05, 0) is 0 Å². The van der Waals surface area contributed by atoms with Gasteiger partial charge in [0.15, 0.2) is 0 Å². The van der Waals surface area contributed by atoms with Crippen LogP contribution in [0.25, 0.3) is 0 Å². The van der Waals surface area contributed by atoms with Crippen molar-refractivity contribution < 1.29 is 38.7 Å². The van der Waals surface area contributed by atoms with Gasteiger partial charge in [-0.3, -0.25) is 0 Å². The third kappa shape index (κ3) is 25.0. The molecule has 1 aromatic carbocycles. The minimum Gasteiger partial charge on any atom is -1.00 e. The molecule has 0 aliphatic carbocycles. The van der Waals surface area contributed by atoms with Crippen molar-refractivity contribution in [1.29, 1.82) is 0 Å². The first-order chi connectivity index (χ1) is 4.50. The second kappa shape index (κ2) is 31.2. The second-order valence-electron chi connectivity index (χ2n) is 0.962. The van der Waals surface area contributed by atoms with Crippen LogP contribution in [0.3, 0.4) is 0 Å². The van der Waals surface area contributed by atoms with Gasteiger partial charge in [-0.1, -0.05) is 0 Å². The van der Waals surface area contributed by atoms with Gasteiger partial charge in [0.2, 0.25) is 0 Å². The van der Waals surface area contributed by atoms with Gasteiger partial charge in [-0.25, -0.2) is 12.1 Å². The summed E-state index contributed by atoms with van der Waals surface area (Å²) in [5.74, 6) is 0. The molecule has 1 aromatic rings. The van der Waals surface area contributed by atoms with Gasteiger partial charge in [-0.2, -0.15) is 32.0 Å². The molecule has 0 atom stereocenters. The van der Waals surface area contributed by atoms with E-state index in [1.54, 1.807) is 13.8 Å². The van der Waals surface area contributed by atoms with Crippen LogP contribution in [-0.4, -0.2) is 0 Å². The van der Waals surface area contributed by atoms with Gasteiger partial charge < -0.3 is 30.8 Å². The average Bonchev–Trinajstić information content (AvgIpc) is 2.51. The molecular weight excluding hydrogens is 236 g/mol. The van der Waals surface area contributed by atoms with E-state index in [-0.39, 0.29) is 38.7 Å². The number of rotatable bonds is 0. The van der Waals surface area contributed by atoms with Crippen LogP contribution in [0.2, 0.25) is 0 Å². The van der Waals surface area contributed by atoms with Crippen molar-refractivity contribution in [2.75, 3.05) is 0 Å². The Morgan fingerprint density at radius 3 is 1.27 bits per heavy atom. The summed E-state index contributed by atoms with van der Waals surface area (Å²) in [6.45, 7) is 10.0. The van der Waals surface area contributed by atoms with Crippen LogP contribution in [0.15, 0.2) is 30.3 Å². The predicted octanol–water partition coefficient (Wildman–Crippen LogP) is 0.0878. The van der Waals surface area contributed by atoms with Crippen LogP contribution in [0.5, 0.6) is 0 Å². The molecule has 0 fully saturated rings. The molecule has 0 radical (unpaired) electrons. The number of hydrogen-bond donors (Lipinski definition) is 0. The number of hydrogen-bond acceptors (Lipinski definition) is 0. The molecular formula is C9H15BrTi. The van der Waals surface area contributed by atoms with Gasteiger partial charge >= 0.3 is 21.7 Å². The van der Waals surface area contributed by atoms with E-state index in [0.717, 1.165) is 0 Å². The molecule has 0 nitrogen and oxygen atoms in total. The minimum atomic E-state index is 0. The Bertz CT molecular complexity index is 66.0. The Kier molecular flexibility index (Phi) is 64.1. The molecule has 0 amide bonds. The molecule has 0 spiro atoms. The van der Waals surface area contributed by atoms with E-state index in [9.17, 15) is 0 Å². The first-order valence-electron chi connectivity index (χ1n) is 3.08. The SMILES string of the molecule is [Br-].[CH2-]C.[CH2-]C.[Ti+4].c1cc[cH-]c1.